The van der Waals surface area contributed by atoms with Gasteiger partial charge < -0.3 is 19.7 Å². The van der Waals surface area contributed by atoms with E-state index in [1.165, 1.54) is 6.42 Å². The van der Waals surface area contributed by atoms with Gasteiger partial charge in [0.15, 0.2) is 5.96 Å². The Morgan fingerprint density at radius 3 is 2.88 bits per heavy atom. The third-order valence-electron chi connectivity index (χ3n) is 4.69. The Morgan fingerprint density at radius 1 is 1.38 bits per heavy atom. The number of hydrogen-bond acceptors (Lipinski definition) is 5. The first kappa shape index (κ1) is 17.0. The number of morpholine rings is 1. The van der Waals surface area contributed by atoms with Gasteiger partial charge in [-0.2, -0.15) is 0 Å². The van der Waals surface area contributed by atoms with Crippen LogP contribution in [-0.4, -0.2) is 80.3 Å². The number of ether oxygens (including phenoxy) is 2. The lowest BCUT2D eigenvalue weighted by Gasteiger charge is -2.32. The number of methoxy groups -OCH3 is 1. The van der Waals surface area contributed by atoms with Crippen LogP contribution in [0.15, 0.2) is 23.3 Å². The molecule has 132 valence electrons. The average molecular weight is 333 g/mol. The molecule has 1 unspecified atom stereocenters. The lowest BCUT2D eigenvalue weighted by atomic mass is 10.2. The van der Waals surface area contributed by atoms with Crippen molar-refractivity contribution >= 4 is 5.96 Å². The molecule has 0 saturated carbocycles. The van der Waals surface area contributed by atoms with Crippen molar-refractivity contribution in [3.8, 4) is 5.88 Å². The van der Waals surface area contributed by atoms with Gasteiger partial charge in [0.25, 0.3) is 0 Å². The van der Waals surface area contributed by atoms with Crippen LogP contribution in [0.4, 0.5) is 0 Å². The number of rotatable bonds is 4. The fourth-order valence-electron chi connectivity index (χ4n) is 3.32. The number of hydrogen-bond donors (Lipinski definition) is 1. The molecule has 3 heterocycles. The molecule has 2 aliphatic rings. The van der Waals surface area contributed by atoms with E-state index in [2.05, 4.69) is 25.1 Å². The summed E-state index contributed by atoms with van der Waals surface area (Å²) in [5, 5.41) is 3.44. The number of aromatic nitrogens is 1. The van der Waals surface area contributed by atoms with Crippen molar-refractivity contribution in [2.75, 3.05) is 53.6 Å². The largest absolute Gasteiger partial charge is 0.481 e. The first-order valence-electron chi connectivity index (χ1n) is 8.56. The first-order valence-corrected chi connectivity index (χ1v) is 8.56. The smallest absolute Gasteiger partial charge is 0.212 e. The molecule has 0 radical (unpaired) electrons. The van der Waals surface area contributed by atoms with E-state index >= 15 is 0 Å². The number of nitrogens with zero attached hydrogens (tertiary/aromatic N) is 4. The molecule has 1 aromatic rings. The molecule has 0 aliphatic carbocycles. The van der Waals surface area contributed by atoms with E-state index in [9.17, 15) is 0 Å². The minimum Gasteiger partial charge on any atom is -0.481 e. The number of aliphatic imine (C=N–C) groups is 1. The molecule has 0 aromatic carbocycles. The van der Waals surface area contributed by atoms with E-state index in [0.717, 1.165) is 50.9 Å². The predicted molar refractivity (Wildman–Crippen MR) is 93.4 cm³/mol. The second kappa shape index (κ2) is 8.30. The lowest BCUT2D eigenvalue weighted by molar-refractivity contribution is 0.0195. The van der Waals surface area contributed by atoms with Gasteiger partial charge in [0.05, 0.1) is 20.3 Å². The molecule has 2 saturated heterocycles. The summed E-state index contributed by atoms with van der Waals surface area (Å²) in [7, 11) is 3.47. The Kier molecular flexibility index (Phi) is 5.87. The second-order valence-corrected chi connectivity index (χ2v) is 6.15. The molecule has 0 spiro atoms. The number of likely N-dealkylation sites (tertiary alicyclic amines) is 1. The third-order valence-corrected chi connectivity index (χ3v) is 4.69. The molecule has 3 rings (SSSR count). The van der Waals surface area contributed by atoms with E-state index in [-0.39, 0.29) is 0 Å². The molecule has 1 aromatic heterocycles. The van der Waals surface area contributed by atoms with Crippen molar-refractivity contribution < 1.29 is 9.47 Å². The highest BCUT2D eigenvalue weighted by Crippen LogP contribution is 2.17. The quantitative estimate of drug-likeness (QED) is 0.642. The molecule has 24 heavy (non-hydrogen) atoms. The Hall–Kier alpha value is -1.86. The maximum atomic E-state index is 5.45. The van der Waals surface area contributed by atoms with E-state index in [1.807, 2.05) is 25.4 Å². The van der Waals surface area contributed by atoms with Crippen molar-refractivity contribution in [1.29, 1.82) is 0 Å². The summed E-state index contributed by atoms with van der Waals surface area (Å²) in [5.74, 6) is 1.60. The molecular formula is C17H27N5O2. The monoisotopic (exact) mass is 333 g/mol. The van der Waals surface area contributed by atoms with Crippen molar-refractivity contribution in [2.24, 2.45) is 4.99 Å². The number of pyridine rings is 1. The van der Waals surface area contributed by atoms with Gasteiger partial charge in [-0.15, -0.1) is 0 Å². The van der Waals surface area contributed by atoms with Crippen molar-refractivity contribution in [1.82, 2.24) is 20.1 Å². The van der Waals surface area contributed by atoms with Gasteiger partial charge in [-0.3, -0.25) is 9.89 Å². The summed E-state index contributed by atoms with van der Waals surface area (Å²) in [6, 6.07) is 4.51. The van der Waals surface area contributed by atoms with Gasteiger partial charge in [-0.1, -0.05) is 6.07 Å². The van der Waals surface area contributed by atoms with Crippen LogP contribution >= 0.6 is 0 Å². The minimum absolute atomic E-state index is 0.607. The van der Waals surface area contributed by atoms with E-state index in [1.54, 1.807) is 7.11 Å². The van der Waals surface area contributed by atoms with Crippen LogP contribution in [0, 0.1) is 0 Å². The Bertz CT molecular complexity index is 542. The summed E-state index contributed by atoms with van der Waals surface area (Å²) in [6.07, 6.45) is 3.02. The molecule has 0 amide bonds. The van der Waals surface area contributed by atoms with E-state index in [0.29, 0.717) is 18.5 Å². The average Bonchev–Trinajstić information content (AvgIpc) is 3.13. The zero-order valence-electron chi connectivity index (χ0n) is 14.6. The summed E-state index contributed by atoms with van der Waals surface area (Å²) >= 11 is 0. The summed E-state index contributed by atoms with van der Waals surface area (Å²) in [6.45, 7) is 6.58. The molecule has 2 fully saturated rings. The Balaban J connectivity index is 1.50. The Morgan fingerprint density at radius 2 is 2.21 bits per heavy atom. The lowest BCUT2D eigenvalue weighted by Crippen LogP contribution is -2.46. The van der Waals surface area contributed by atoms with Crippen LogP contribution in [0.2, 0.25) is 0 Å². The van der Waals surface area contributed by atoms with Gasteiger partial charge >= 0.3 is 0 Å². The SMILES string of the molecule is CN=C(NCc1ccc(OC)nc1)N1CCC(N2CCOCC2)C1. The van der Waals surface area contributed by atoms with Crippen molar-refractivity contribution in [2.45, 2.75) is 19.0 Å². The first-order chi connectivity index (χ1) is 11.8. The fourth-order valence-corrected chi connectivity index (χ4v) is 3.32. The van der Waals surface area contributed by atoms with Crippen LogP contribution in [-0.2, 0) is 11.3 Å². The van der Waals surface area contributed by atoms with Crippen LogP contribution in [0.3, 0.4) is 0 Å². The summed E-state index contributed by atoms with van der Waals surface area (Å²) < 4.78 is 10.5. The van der Waals surface area contributed by atoms with E-state index in [4.69, 9.17) is 9.47 Å². The zero-order valence-corrected chi connectivity index (χ0v) is 14.6. The second-order valence-electron chi connectivity index (χ2n) is 6.15. The minimum atomic E-state index is 0.607. The molecular weight excluding hydrogens is 306 g/mol. The standard InChI is InChI=1S/C17H27N5O2/c1-18-17(20-12-14-3-4-16(23-2)19-11-14)22-6-5-15(13-22)21-7-9-24-10-8-21/h3-4,11,15H,5-10,12-13H2,1-2H3,(H,18,20). The summed E-state index contributed by atoms with van der Waals surface area (Å²) in [4.78, 5) is 13.6. The van der Waals surface area contributed by atoms with Gasteiger partial charge in [-0.05, 0) is 12.0 Å². The molecule has 1 atom stereocenters. The van der Waals surface area contributed by atoms with E-state index < -0.39 is 0 Å². The van der Waals surface area contributed by atoms with Crippen LogP contribution in [0.1, 0.15) is 12.0 Å². The fraction of sp³-hybridized carbons (Fsp3) is 0.647. The number of guanidine groups is 1. The van der Waals surface area contributed by atoms with Gasteiger partial charge in [0, 0.05) is 58.1 Å². The van der Waals surface area contributed by atoms with Gasteiger partial charge in [-0.25, -0.2) is 4.98 Å². The maximum Gasteiger partial charge on any atom is 0.212 e. The highest BCUT2D eigenvalue weighted by atomic mass is 16.5. The highest BCUT2D eigenvalue weighted by molar-refractivity contribution is 5.80. The Labute approximate surface area is 143 Å². The van der Waals surface area contributed by atoms with Gasteiger partial charge in [0.1, 0.15) is 0 Å². The molecule has 7 nitrogen and oxygen atoms in total. The van der Waals surface area contributed by atoms with Crippen molar-refractivity contribution in [3.05, 3.63) is 23.9 Å². The molecule has 1 N–H and O–H groups in total. The van der Waals surface area contributed by atoms with Gasteiger partial charge in [0.2, 0.25) is 5.88 Å². The highest BCUT2D eigenvalue weighted by Gasteiger charge is 2.30. The molecule has 2 aliphatic heterocycles. The number of nitrogens with one attached hydrogen (secondary N) is 1. The predicted octanol–water partition coefficient (Wildman–Crippen LogP) is 0.572. The van der Waals surface area contributed by atoms with Crippen LogP contribution < -0.4 is 10.1 Å². The zero-order chi connectivity index (χ0) is 16.8. The van der Waals surface area contributed by atoms with Crippen LogP contribution in [0.25, 0.3) is 0 Å². The molecule has 0 bridgehead atoms. The normalized spacial score (nSPS) is 22.7. The third kappa shape index (κ3) is 4.15. The van der Waals surface area contributed by atoms with Crippen LogP contribution in [0.5, 0.6) is 5.88 Å². The maximum absolute atomic E-state index is 5.45. The molecule has 7 heteroatoms. The summed E-state index contributed by atoms with van der Waals surface area (Å²) in [5.41, 5.74) is 1.11. The van der Waals surface area contributed by atoms with Crippen molar-refractivity contribution in [3.63, 3.8) is 0 Å². The topological polar surface area (TPSA) is 62.2 Å².